The van der Waals surface area contributed by atoms with Gasteiger partial charge in [0.15, 0.2) is 0 Å². The molecular formula is C21H15F3N2O5S. The minimum Gasteiger partial charge on any atom is -0.478 e. The first-order chi connectivity index (χ1) is 15.1. The van der Waals surface area contributed by atoms with Gasteiger partial charge in [-0.2, -0.15) is 13.2 Å². The Hall–Kier alpha value is -3.60. The molecule has 2 aromatic rings. The van der Waals surface area contributed by atoms with Crippen LogP contribution in [-0.4, -0.2) is 34.0 Å². The molecule has 0 radical (unpaired) electrons. The van der Waals surface area contributed by atoms with Crippen LogP contribution in [0.4, 0.5) is 24.5 Å². The van der Waals surface area contributed by atoms with E-state index in [-0.39, 0.29) is 6.42 Å². The molecular weight excluding hydrogens is 449 g/mol. The Balaban J connectivity index is 1.71. The van der Waals surface area contributed by atoms with E-state index in [4.69, 9.17) is 5.11 Å². The average Bonchev–Trinajstić information content (AvgIpc) is 3.00. The van der Waals surface area contributed by atoms with Gasteiger partial charge in [0.2, 0.25) is 17.7 Å². The number of nitrogens with zero attached hydrogens (tertiary/aromatic N) is 1. The zero-order valence-corrected chi connectivity index (χ0v) is 16.9. The smallest absolute Gasteiger partial charge is 0.418 e. The van der Waals surface area contributed by atoms with Crippen LogP contribution in [0.15, 0.2) is 65.6 Å². The number of carbonyl (C=O) groups is 4. The minimum absolute atomic E-state index is 0.256. The second kappa shape index (κ2) is 9.27. The molecule has 0 aromatic heterocycles. The van der Waals surface area contributed by atoms with Gasteiger partial charge in [0.25, 0.3) is 0 Å². The number of carbonyl (C=O) groups excluding carboxylic acids is 3. The molecule has 0 unspecified atom stereocenters. The van der Waals surface area contributed by atoms with Crippen LogP contribution in [0, 0.1) is 0 Å². The summed E-state index contributed by atoms with van der Waals surface area (Å²) in [6.45, 7) is 0. The SMILES string of the molecule is O=C(O)/C=C/C(=O)Nc1ccc(S[C@H]2CC(=O)N(c3ccccc3C(F)(F)F)C2=O)cc1. The lowest BCUT2D eigenvalue weighted by molar-refractivity contribution is -0.137. The lowest BCUT2D eigenvalue weighted by Crippen LogP contribution is -2.33. The second-order valence-electron chi connectivity index (χ2n) is 6.58. The van der Waals surface area contributed by atoms with Crippen molar-refractivity contribution in [1.29, 1.82) is 0 Å². The number of carboxylic acid groups (broad SMARTS) is 1. The molecule has 1 heterocycles. The first kappa shape index (κ1) is 23.1. The van der Waals surface area contributed by atoms with Crippen molar-refractivity contribution < 1.29 is 37.5 Å². The van der Waals surface area contributed by atoms with Crippen molar-refractivity contribution in [3.8, 4) is 0 Å². The van der Waals surface area contributed by atoms with E-state index in [2.05, 4.69) is 5.32 Å². The number of rotatable bonds is 6. The van der Waals surface area contributed by atoms with E-state index in [1.54, 1.807) is 12.1 Å². The predicted octanol–water partition coefficient (Wildman–Crippen LogP) is 3.71. The Morgan fingerprint density at radius 3 is 2.34 bits per heavy atom. The fourth-order valence-corrected chi connectivity index (χ4v) is 4.02. The first-order valence-corrected chi connectivity index (χ1v) is 9.96. The Bertz CT molecular complexity index is 1100. The molecule has 2 N–H and O–H groups in total. The zero-order chi connectivity index (χ0) is 23.5. The van der Waals surface area contributed by atoms with Gasteiger partial charge in [-0.3, -0.25) is 14.4 Å². The van der Waals surface area contributed by atoms with Crippen LogP contribution in [0.1, 0.15) is 12.0 Å². The molecule has 0 saturated carbocycles. The fourth-order valence-electron chi connectivity index (χ4n) is 2.97. The van der Waals surface area contributed by atoms with Gasteiger partial charge in [-0.15, -0.1) is 11.8 Å². The highest BCUT2D eigenvalue weighted by atomic mass is 32.2. The molecule has 3 amide bonds. The zero-order valence-electron chi connectivity index (χ0n) is 16.1. The minimum atomic E-state index is -4.72. The molecule has 1 fully saturated rings. The van der Waals surface area contributed by atoms with E-state index in [0.29, 0.717) is 21.6 Å². The van der Waals surface area contributed by atoms with Crippen molar-refractivity contribution in [3.05, 3.63) is 66.2 Å². The number of nitrogens with one attached hydrogen (secondary N) is 1. The fraction of sp³-hybridized carbons (Fsp3) is 0.143. The van der Waals surface area contributed by atoms with Crippen LogP contribution in [-0.2, 0) is 25.4 Å². The normalized spacial score (nSPS) is 16.6. The number of hydrogen-bond donors (Lipinski definition) is 2. The average molecular weight is 464 g/mol. The lowest BCUT2D eigenvalue weighted by atomic mass is 10.1. The molecule has 11 heteroatoms. The van der Waals surface area contributed by atoms with Crippen LogP contribution in [0.3, 0.4) is 0 Å². The second-order valence-corrected chi connectivity index (χ2v) is 7.85. The number of anilines is 2. The van der Waals surface area contributed by atoms with E-state index in [1.807, 2.05) is 0 Å². The molecule has 0 bridgehead atoms. The van der Waals surface area contributed by atoms with Crippen LogP contribution >= 0.6 is 11.8 Å². The summed E-state index contributed by atoms with van der Waals surface area (Å²) >= 11 is 1.02. The van der Waals surface area contributed by atoms with Crippen molar-refractivity contribution in [2.45, 2.75) is 22.7 Å². The van der Waals surface area contributed by atoms with Crippen LogP contribution in [0.25, 0.3) is 0 Å². The third-order valence-corrected chi connectivity index (χ3v) is 5.53. The number of para-hydroxylation sites is 1. The van der Waals surface area contributed by atoms with Crippen molar-refractivity contribution in [3.63, 3.8) is 0 Å². The summed E-state index contributed by atoms with van der Waals surface area (Å²) in [4.78, 5) is 48.3. The maximum Gasteiger partial charge on any atom is 0.418 e. The number of thioether (sulfide) groups is 1. The summed E-state index contributed by atoms with van der Waals surface area (Å²) in [6.07, 6.45) is -3.44. The number of alkyl halides is 3. The van der Waals surface area contributed by atoms with E-state index in [1.165, 1.54) is 24.3 Å². The van der Waals surface area contributed by atoms with Gasteiger partial charge in [-0.05, 0) is 36.4 Å². The maximum atomic E-state index is 13.3. The van der Waals surface area contributed by atoms with Crippen molar-refractivity contribution in [2.24, 2.45) is 0 Å². The summed E-state index contributed by atoms with van der Waals surface area (Å²) in [5, 5.41) is 10.1. The molecule has 166 valence electrons. The van der Waals surface area contributed by atoms with Crippen molar-refractivity contribution >= 4 is 46.8 Å². The number of hydrogen-bond acceptors (Lipinski definition) is 5. The summed E-state index contributed by atoms with van der Waals surface area (Å²) in [6, 6.07) is 10.5. The number of halogens is 3. The Morgan fingerprint density at radius 2 is 1.72 bits per heavy atom. The van der Waals surface area contributed by atoms with Gasteiger partial charge < -0.3 is 10.4 Å². The van der Waals surface area contributed by atoms with Crippen molar-refractivity contribution in [2.75, 3.05) is 10.2 Å². The monoisotopic (exact) mass is 464 g/mol. The molecule has 3 rings (SSSR count). The summed E-state index contributed by atoms with van der Waals surface area (Å²) < 4.78 is 39.9. The number of carboxylic acids is 1. The Kier molecular flexibility index (Phi) is 6.68. The molecule has 1 saturated heterocycles. The first-order valence-electron chi connectivity index (χ1n) is 9.08. The molecule has 0 aliphatic carbocycles. The van der Waals surface area contributed by atoms with Gasteiger partial charge in [-0.1, -0.05) is 12.1 Å². The summed E-state index contributed by atoms with van der Waals surface area (Å²) in [5.41, 5.74) is -1.20. The van der Waals surface area contributed by atoms with E-state index in [0.717, 1.165) is 30.0 Å². The molecule has 1 aliphatic rings. The van der Waals surface area contributed by atoms with Crippen LogP contribution in [0.5, 0.6) is 0 Å². The number of benzene rings is 2. The lowest BCUT2D eigenvalue weighted by Gasteiger charge is -2.20. The van der Waals surface area contributed by atoms with Crippen LogP contribution in [0.2, 0.25) is 0 Å². The van der Waals surface area contributed by atoms with Gasteiger partial charge >= 0.3 is 12.1 Å². The van der Waals surface area contributed by atoms with E-state index in [9.17, 15) is 32.3 Å². The largest absolute Gasteiger partial charge is 0.478 e. The highest BCUT2D eigenvalue weighted by Gasteiger charge is 2.44. The molecule has 0 spiro atoms. The third-order valence-electron chi connectivity index (χ3n) is 4.33. The van der Waals surface area contributed by atoms with E-state index < -0.39 is 46.4 Å². The molecule has 1 aliphatic heterocycles. The molecule has 32 heavy (non-hydrogen) atoms. The number of imide groups is 1. The Morgan fingerprint density at radius 1 is 1.06 bits per heavy atom. The third kappa shape index (κ3) is 5.35. The molecule has 1 atom stereocenters. The maximum absolute atomic E-state index is 13.3. The highest BCUT2D eigenvalue weighted by Crippen LogP contribution is 2.40. The standard InChI is InChI=1S/C21H15F3N2O5S/c22-21(23,24)14-3-1-2-4-15(14)26-18(28)11-16(20(26)31)32-13-7-5-12(6-8-13)25-17(27)9-10-19(29)30/h1-10,16H,11H2,(H,25,27)(H,29,30)/b10-9+/t16-/m0/s1. The van der Waals surface area contributed by atoms with Gasteiger partial charge in [0, 0.05) is 29.2 Å². The van der Waals surface area contributed by atoms with Gasteiger partial charge in [-0.25, -0.2) is 9.69 Å². The van der Waals surface area contributed by atoms with Gasteiger partial charge in [0.1, 0.15) is 0 Å². The highest BCUT2D eigenvalue weighted by molar-refractivity contribution is 8.00. The predicted molar refractivity (Wildman–Crippen MR) is 110 cm³/mol. The van der Waals surface area contributed by atoms with E-state index >= 15 is 0 Å². The number of amides is 3. The van der Waals surface area contributed by atoms with Crippen LogP contribution < -0.4 is 10.2 Å². The summed E-state index contributed by atoms with van der Waals surface area (Å²) in [5.74, 6) is -3.39. The quantitative estimate of drug-likeness (QED) is 0.499. The molecule has 2 aromatic carbocycles. The Labute approximate surface area is 183 Å². The van der Waals surface area contributed by atoms with Crippen molar-refractivity contribution in [1.82, 2.24) is 0 Å². The summed E-state index contributed by atoms with van der Waals surface area (Å²) in [7, 11) is 0. The topological polar surface area (TPSA) is 104 Å². The number of aliphatic carboxylic acids is 1. The van der Waals surface area contributed by atoms with Gasteiger partial charge in [0.05, 0.1) is 16.5 Å². The molecule has 7 nitrogen and oxygen atoms in total.